The molecule has 0 atom stereocenters. The van der Waals surface area contributed by atoms with E-state index in [1.807, 2.05) is 0 Å². The van der Waals surface area contributed by atoms with Crippen LogP contribution in [-0.2, 0) is 4.79 Å². The Hall–Kier alpha value is -1.91. The summed E-state index contributed by atoms with van der Waals surface area (Å²) in [6.07, 6.45) is -0.126. The molecule has 18 heavy (non-hydrogen) atoms. The lowest BCUT2D eigenvalue weighted by atomic mass is 10.1. The summed E-state index contributed by atoms with van der Waals surface area (Å²) in [4.78, 5) is 24.1. The number of carboxylic acids is 1. The highest BCUT2D eigenvalue weighted by Gasteiger charge is 2.19. The first-order valence-electron chi connectivity index (χ1n) is 5.70. The van der Waals surface area contributed by atoms with Crippen LogP contribution in [0.25, 0.3) is 0 Å². The Kier molecular flexibility index (Phi) is 4.83. The van der Waals surface area contributed by atoms with Crippen LogP contribution in [0.3, 0.4) is 0 Å². The fourth-order valence-electron chi connectivity index (χ4n) is 1.60. The van der Waals surface area contributed by atoms with Gasteiger partial charge in [0.05, 0.1) is 6.42 Å². The van der Waals surface area contributed by atoms with E-state index < -0.39 is 11.8 Å². The maximum absolute atomic E-state index is 13.0. The highest BCUT2D eigenvalue weighted by atomic mass is 19.1. The standard InChI is InChI=1S/C13H16FNO3/c1-9(2)15(7-6-12(16)17)13(18)10-4-3-5-11(14)8-10/h3-5,8-9H,6-7H2,1-2H3,(H,16,17). The van der Waals surface area contributed by atoms with E-state index in [4.69, 9.17) is 5.11 Å². The number of hydrogen-bond donors (Lipinski definition) is 1. The van der Waals surface area contributed by atoms with Crippen LogP contribution in [0.1, 0.15) is 30.6 Å². The molecule has 0 heterocycles. The smallest absolute Gasteiger partial charge is 0.305 e. The third-order valence-electron chi connectivity index (χ3n) is 2.52. The molecule has 4 nitrogen and oxygen atoms in total. The summed E-state index contributed by atoms with van der Waals surface area (Å²) in [6.45, 7) is 3.69. The lowest BCUT2D eigenvalue weighted by Gasteiger charge is -2.26. The molecule has 1 aromatic carbocycles. The average molecular weight is 253 g/mol. The molecular formula is C13H16FNO3. The second-order valence-corrected chi connectivity index (χ2v) is 4.25. The summed E-state index contributed by atoms with van der Waals surface area (Å²) in [5, 5.41) is 8.64. The maximum atomic E-state index is 13.0. The van der Waals surface area contributed by atoms with Crippen molar-refractivity contribution in [1.29, 1.82) is 0 Å². The van der Waals surface area contributed by atoms with Gasteiger partial charge in [-0.05, 0) is 32.0 Å². The van der Waals surface area contributed by atoms with Crippen LogP contribution in [0.5, 0.6) is 0 Å². The van der Waals surface area contributed by atoms with Crippen molar-refractivity contribution in [2.24, 2.45) is 0 Å². The molecule has 1 aromatic rings. The molecule has 0 aliphatic carbocycles. The number of carbonyl (C=O) groups excluding carboxylic acids is 1. The van der Waals surface area contributed by atoms with Gasteiger partial charge in [0.1, 0.15) is 5.82 Å². The number of rotatable bonds is 5. The van der Waals surface area contributed by atoms with Crippen molar-refractivity contribution in [2.45, 2.75) is 26.3 Å². The summed E-state index contributed by atoms with van der Waals surface area (Å²) in [6, 6.07) is 5.24. The van der Waals surface area contributed by atoms with Crippen LogP contribution in [0.4, 0.5) is 4.39 Å². The molecule has 1 N–H and O–H groups in total. The third kappa shape index (κ3) is 3.84. The van der Waals surface area contributed by atoms with Gasteiger partial charge < -0.3 is 10.0 Å². The van der Waals surface area contributed by atoms with Crippen LogP contribution in [-0.4, -0.2) is 34.5 Å². The summed E-state index contributed by atoms with van der Waals surface area (Å²) in [5.74, 6) is -1.80. The minimum atomic E-state index is -0.965. The first-order chi connectivity index (χ1) is 8.41. The van der Waals surface area contributed by atoms with E-state index in [0.717, 1.165) is 6.07 Å². The number of nitrogens with zero attached hydrogens (tertiary/aromatic N) is 1. The molecule has 0 aliphatic heterocycles. The molecule has 1 amide bonds. The van der Waals surface area contributed by atoms with Gasteiger partial charge in [-0.3, -0.25) is 9.59 Å². The maximum Gasteiger partial charge on any atom is 0.305 e. The Morgan fingerprint density at radius 1 is 1.39 bits per heavy atom. The molecule has 98 valence electrons. The molecule has 0 saturated heterocycles. The molecule has 0 aliphatic rings. The number of halogens is 1. The van der Waals surface area contributed by atoms with E-state index in [9.17, 15) is 14.0 Å². The predicted octanol–water partition coefficient (Wildman–Crippen LogP) is 2.15. The van der Waals surface area contributed by atoms with Gasteiger partial charge in [0.2, 0.25) is 0 Å². The van der Waals surface area contributed by atoms with Gasteiger partial charge in [-0.2, -0.15) is 0 Å². The molecule has 0 fully saturated rings. The van der Waals surface area contributed by atoms with Crippen molar-refractivity contribution >= 4 is 11.9 Å². The monoisotopic (exact) mass is 253 g/mol. The zero-order valence-electron chi connectivity index (χ0n) is 10.4. The van der Waals surface area contributed by atoms with E-state index in [1.54, 1.807) is 13.8 Å². The third-order valence-corrected chi connectivity index (χ3v) is 2.52. The highest BCUT2D eigenvalue weighted by Crippen LogP contribution is 2.10. The van der Waals surface area contributed by atoms with Crippen LogP contribution in [0.2, 0.25) is 0 Å². The van der Waals surface area contributed by atoms with E-state index in [2.05, 4.69) is 0 Å². The Morgan fingerprint density at radius 2 is 2.06 bits per heavy atom. The van der Waals surface area contributed by atoms with E-state index in [0.29, 0.717) is 0 Å². The fourth-order valence-corrected chi connectivity index (χ4v) is 1.60. The molecular weight excluding hydrogens is 237 g/mol. The fraction of sp³-hybridized carbons (Fsp3) is 0.385. The number of amides is 1. The minimum absolute atomic E-state index is 0.113. The molecule has 0 unspecified atom stereocenters. The summed E-state index contributed by atoms with van der Waals surface area (Å²) >= 11 is 0. The average Bonchev–Trinajstić information content (AvgIpc) is 2.28. The normalized spacial score (nSPS) is 10.4. The summed E-state index contributed by atoms with van der Waals surface area (Å²) in [5.41, 5.74) is 0.231. The topological polar surface area (TPSA) is 57.6 Å². The predicted molar refractivity (Wildman–Crippen MR) is 64.8 cm³/mol. The quantitative estimate of drug-likeness (QED) is 0.874. The SMILES string of the molecule is CC(C)N(CCC(=O)O)C(=O)c1cccc(F)c1. The molecule has 0 saturated carbocycles. The van der Waals surface area contributed by atoms with Gasteiger partial charge in [0, 0.05) is 18.2 Å². The van der Waals surface area contributed by atoms with Crippen LogP contribution >= 0.6 is 0 Å². The minimum Gasteiger partial charge on any atom is -0.481 e. The van der Waals surface area contributed by atoms with Gasteiger partial charge in [-0.25, -0.2) is 4.39 Å². The lowest BCUT2D eigenvalue weighted by Crippen LogP contribution is -2.38. The molecule has 5 heteroatoms. The molecule has 0 aromatic heterocycles. The van der Waals surface area contributed by atoms with Crippen LogP contribution < -0.4 is 0 Å². The number of carboxylic acid groups (broad SMARTS) is 1. The van der Waals surface area contributed by atoms with Gasteiger partial charge in [-0.15, -0.1) is 0 Å². The first-order valence-corrected chi connectivity index (χ1v) is 5.70. The Labute approximate surface area is 105 Å². The van der Waals surface area contributed by atoms with Crippen LogP contribution in [0.15, 0.2) is 24.3 Å². The lowest BCUT2D eigenvalue weighted by molar-refractivity contribution is -0.137. The Bertz CT molecular complexity index is 446. The van der Waals surface area contributed by atoms with Crippen molar-refractivity contribution in [2.75, 3.05) is 6.54 Å². The van der Waals surface area contributed by atoms with Crippen molar-refractivity contribution < 1.29 is 19.1 Å². The van der Waals surface area contributed by atoms with E-state index >= 15 is 0 Å². The van der Waals surface area contributed by atoms with E-state index in [-0.39, 0.29) is 30.5 Å². The van der Waals surface area contributed by atoms with Gasteiger partial charge in [0.25, 0.3) is 5.91 Å². The first kappa shape index (κ1) is 14.2. The van der Waals surface area contributed by atoms with Crippen molar-refractivity contribution in [1.82, 2.24) is 4.90 Å². The van der Waals surface area contributed by atoms with Gasteiger partial charge >= 0.3 is 5.97 Å². The molecule has 0 radical (unpaired) electrons. The van der Waals surface area contributed by atoms with Crippen molar-refractivity contribution in [3.05, 3.63) is 35.6 Å². The van der Waals surface area contributed by atoms with Gasteiger partial charge in [0.15, 0.2) is 0 Å². The summed E-state index contributed by atoms with van der Waals surface area (Å²) in [7, 11) is 0. The van der Waals surface area contributed by atoms with E-state index in [1.165, 1.54) is 23.1 Å². The molecule has 0 bridgehead atoms. The number of benzene rings is 1. The molecule has 0 spiro atoms. The second-order valence-electron chi connectivity index (χ2n) is 4.25. The van der Waals surface area contributed by atoms with Crippen molar-refractivity contribution in [3.8, 4) is 0 Å². The number of aliphatic carboxylic acids is 1. The summed E-state index contributed by atoms with van der Waals surface area (Å²) < 4.78 is 13.0. The second kappa shape index (κ2) is 6.14. The Morgan fingerprint density at radius 3 is 2.56 bits per heavy atom. The van der Waals surface area contributed by atoms with Crippen LogP contribution in [0, 0.1) is 5.82 Å². The highest BCUT2D eigenvalue weighted by molar-refractivity contribution is 5.94. The zero-order valence-corrected chi connectivity index (χ0v) is 10.4. The largest absolute Gasteiger partial charge is 0.481 e. The molecule has 1 rings (SSSR count). The number of carbonyl (C=O) groups is 2. The number of hydrogen-bond acceptors (Lipinski definition) is 2. The van der Waals surface area contributed by atoms with Gasteiger partial charge in [-0.1, -0.05) is 6.07 Å². The Balaban J connectivity index is 2.85. The zero-order chi connectivity index (χ0) is 13.7. The van der Waals surface area contributed by atoms with Crippen molar-refractivity contribution in [3.63, 3.8) is 0 Å².